The van der Waals surface area contributed by atoms with E-state index < -0.39 is 5.91 Å². The molecule has 5 nitrogen and oxygen atoms in total. The molecule has 0 aliphatic carbocycles. The average molecular weight is 384 g/mol. The summed E-state index contributed by atoms with van der Waals surface area (Å²) in [4.78, 5) is 12.8. The Morgan fingerprint density at radius 3 is 2.83 bits per heavy atom. The number of anilines is 1. The third-order valence-corrected chi connectivity index (χ3v) is 4.95. The van der Waals surface area contributed by atoms with Crippen molar-refractivity contribution in [2.75, 3.05) is 12.4 Å². The first-order valence-electron chi connectivity index (χ1n) is 9.37. The van der Waals surface area contributed by atoms with Gasteiger partial charge in [-0.1, -0.05) is 36.4 Å². The Morgan fingerprint density at radius 1 is 1.24 bits per heavy atom. The SMILES string of the molecule is COc1cc2c(cc1/C=C(\C#N)C(=O)Nc1cccc3ccccc13)OC(C)C2. The first-order chi connectivity index (χ1) is 14.1. The van der Waals surface area contributed by atoms with Crippen LogP contribution < -0.4 is 14.8 Å². The molecule has 0 saturated carbocycles. The number of carbonyl (C=O) groups excluding carboxylic acids is 1. The van der Waals surface area contributed by atoms with Gasteiger partial charge in [0.25, 0.3) is 5.91 Å². The van der Waals surface area contributed by atoms with Gasteiger partial charge in [0.1, 0.15) is 29.2 Å². The number of methoxy groups -OCH3 is 1. The molecule has 1 aliphatic rings. The van der Waals surface area contributed by atoms with Crippen molar-refractivity contribution in [3.63, 3.8) is 0 Å². The Bertz CT molecular complexity index is 1170. The molecule has 1 amide bonds. The highest BCUT2D eigenvalue weighted by Gasteiger charge is 2.22. The van der Waals surface area contributed by atoms with Crippen LogP contribution in [0.2, 0.25) is 0 Å². The number of nitriles is 1. The molecule has 0 saturated heterocycles. The summed E-state index contributed by atoms with van der Waals surface area (Å²) in [7, 11) is 1.57. The van der Waals surface area contributed by atoms with Crippen molar-refractivity contribution < 1.29 is 14.3 Å². The average Bonchev–Trinajstić information content (AvgIpc) is 3.10. The van der Waals surface area contributed by atoms with Crippen LogP contribution in [-0.2, 0) is 11.2 Å². The summed E-state index contributed by atoms with van der Waals surface area (Å²) in [6.45, 7) is 2.00. The number of nitrogens with zero attached hydrogens (tertiary/aromatic N) is 1. The highest BCUT2D eigenvalue weighted by molar-refractivity contribution is 6.13. The van der Waals surface area contributed by atoms with E-state index >= 15 is 0 Å². The molecule has 1 aliphatic heterocycles. The second-order valence-corrected chi connectivity index (χ2v) is 6.99. The summed E-state index contributed by atoms with van der Waals surface area (Å²) in [5.74, 6) is 0.893. The Hall–Kier alpha value is -3.78. The third-order valence-electron chi connectivity index (χ3n) is 4.95. The second-order valence-electron chi connectivity index (χ2n) is 6.99. The maximum atomic E-state index is 12.8. The van der Waals surface area contributed by atoms with Gasteiger partial charge in [0, 0.05) is 28.6 Å². The summed E-state index contributed by atoms with van der Waals surface area (Å²) in [6.07, 6.45) is 2.44. The van der Waals surface area contributed by atoms with Crippen molar-refractivity contribution in [1.29, 1.82) is 5.26 Å². The van der Waals surface area contributed by atoms with E-state index in [0.29, 0.717) is 17.0 Å². The molecule has 0 fully saturated rings. The molecule has 0 aromatic heterocycles. The molecule has 4 rings (SSSR count). The van der Waals surface area contributed by atoms with Crippen LogP contribution in [0.3, 0.4) is 0 Å². The predicted octanol–water partition coefficient (Wildman–Crippen LogP) is 4.72. The molecule has 1 unspecified atom stereocenters. The van der Waals surface area contributed by atoms with Gasteiger partial charge < -0.3 is 14.8 Å². The lowest BCUT2D eigenvalue weighted by Crippen LogP contribution is -2.13. The summed E-state index contributed by atoms with van der Waals surface area (Å²) in [6, 6.07) is 19.2. The number of fused-ring (bicyclic) bond motifs is 2. The van der Waals surface area contributed by atoms with Crippen molar-refractivity contribution in [2.45, 2.75) is 19.4 Å². The monoisotopic (exact) mass is 384 g/mol. The van der Waals surface area contributed by atoms with Gasteiger partial charge in [0.2, 0.25) is 0 Å². The van der Waals surface area contributed by atoms with Gasteiger partial charge in [-0.15, -0.1) is 0 Å². The van der Waals surface area contributed by atoms with Crippen molar-refractivity contribution in [3.8, 4) is 17.6 Å². The van der Waals surface area contributed by atoms with Crippen LogP contribution in [0.15, 0.2) is 60.2 Å². The Labute approximate surface area is 169 Å². The molecule has 3 aromatic rings. The van der Waals surface area contributed by atoms with E-state index in [1.807, 2.05) is 67.6 Å². The van der Waals surface area contributed by atoms with E-state index in [1.165, 1.54) is 6.08 Å². The summed E-state index contributed by atoms with van der Waals surface area (Å²) in [5.41, 5.74) is 2.34. The molecule has 1 atom stereocenters. The molecular formula is C24H20N2O3. The number of rotatable bonds is 4. The largest absolute Gasteiger partial charge is 0.496 e. The van der Waals surface area contributed by atoms with Crippen LogP contribution in [0.5, 0.6) is 11.5 Å². The maximum absolute atomic E-state index is 12.8. The van der Waals surface area contributed by atoms with Crippen LogP contribution in [0.25, 0.3) is 16.8 Å². The zero-order chi connectivity index (χ0) is 20.4. The highest BCUT2D eigenvalue weighted by Crippen LogP contribution is 2.36. The van der Waals surface area contributed by atoms with E-state index in [-0.39, 0.29) is 11.7 Å². The van der Waals surface area contributed by atoms with Crippen LogP contribution in [0.1, 0.15) is 18.1 Å². The normalized spacial score (nSPS) is 15.3. The van der Waals surface area contributed by atoms with E-state index in [1.54, 1.807) is 7.11 Å². The van der Waals surface area contributed by atoms with Crippen molar-refractivity contribution in [3.05, 3.63) is 71.3 Å². The fraction of sp³-hybridized carbons (Fsp3) is 0.167. The van der Waals surface area contributed by atoms with Crippen molar-refractivity contribution >= 4 is 28.4 Å². The molecule has 0 spiro atoms. The molecule has 1 heterocycles. The smallest absolute Gasteiger partial charge is 0.266 e. The lowest BCUT2D eigenvalue weighted by atomic mass is 10.0. The quantitative estimate of drug-likeness (QED) is 0.522. The predicted molar refractivity (Wildman–Crippen MR) is 113 cm³/mol. The molecule has 5 heteroatoms. The zero-order valence-electron chi connectivity index (χ0n) is 16.2. The number of hydrogen-bond donors (Lipinski definition) is 1. The van der Waals surface area contributed by atoms with Crippen LogP contribution in [0, 0.1) is 11.3 Å². The zero-order valence-corrected chi connectivity index (χ0v) is 16.2. The van der Waals surface area contributed by atoms with Gasteiger partial charge in [-0.2, -0.15) is 5.26 Å². The molecule has 0 bridgehead atoms. The number of amides is 1. The fourth-order valence-electron chi connectivity index (χ4n) is 3.57. The second kappa shape index (κ2) is 7.69. The minimum Gasteiger partial charge on any atom is -0.496 e. The Morgan fingerprint density at radius 2 is 2.03 bits per heavy atom. The molecule has 3 aromatic carbocycles. The van der Waals surface area contributed by atoms with Gasteiger partial charge in [-0.25, -0.2) is 0 Å². The number of nitrogens with one attached hydrogen (secondary N) is 1. The standard InChI is InChI=1S/C24H20N2O3/c1-15-10-17-12-22(28-2)18(13-23(17)29-15)11-19(14-25)24(27)26-21-9-5-7-16-6-3-4-8-20(16)21/h3-9,11-13,15H,10H2,1-2H3,(H,26,27)/b19-11+. The number of benzene rings is 3. The summed E-state index contributed by atoms with van der Waals surface area (Å²) < 4.78 is 11.3. The number of hydrogen-bond acceptors (Lipinski definition) is 4. The van der Waals surface area contributed by atoms with Crippen molar-refractivity contribution in [2.24, 2.45) is 0 Å². The maximum Gasteiger partial charge on any atom is 0.266 e. The van der Waals surface area contributed by atoms with E-state index in [9.17, 15) is 10.1 Å². The van der Waals surface area contributed by atoms with Crippen molar-refractivity contribution in [1.82, 2.24) is 0 Å². The minimum absolute atomic E-state index is 0.0118. The van der Waals surface area contributed by atoms with E-state index in [4.69, 9.17) is 9.47 Å². The molecule has 29 heavy (non-hydrogen) atoms. The lowest BCUT2D eigenvalue weighted by Gasteiger charge is -2.10. The Balaban J connectivity index is 1.67. The summed E-state index contributed by atoms with van der Waals surface area (Å²) in [5, 5.41) is 14.4. The third kappa shape index (κ3) is 3.65. The van der Waals surface area contributed by atoms with Gasteiger partial charge in [-0.05, 0) is 36.6 Å². The first-order valence-corrected chi connectivity index (χ1v) is 9.37. The molecule has 0 radical (unpaired) electrons. The first kappa shape index (κ1) is 18.6. The number of ether oxygens (including phenoxy) is 2. The van der Waals surface area contributed by atoms with Crippen LogP contribution in [-0.4, -0.2) is 19.1 Å². The highest BCUT2D eigenvalue weighted by atomic mass is 16.5. The molecular weight excluding hydrogens is 364 g/mol. The van der Waals surface area contributed by atoms with E-state index in [2.05, 4.69) is 5.32 Å². The molecule has 144 valence electrons. The Kier molecular flexibility index (Phi) is 4.92. The van der Waals surface area contributed by atoms with Gasteiger partial charge in [-0.3, -0.25) is 4.79 Å². The fourth-order valence-corrected chi connectivity index (χ4v) is 3.57. The van der Waals surface area contributed by atoms with Gasteiger partial charge in [0.05, 0.1) is 7.11 Å². The topological polar surface area (TPSA) is 71.3 Å². The number of carbonyl (C=O) groups is 1. The van der Waals surface area contributed by atoms with Crippen LogP contribution >= 0.6 is 0 Å². The van der Waals surface area contributed by atoms with Gasteiger partial charge >= 0.3 is 0 Å². The van der Waals surface area contributed by atoms with E-state index in [0.717, 1.165) is 28.5 Å². The van der Waals surface area contributed by atoms with Crippen LogP contribution in [0.4, 0.5) is 5.69 Å². The molecule has 1 N–H and O–H groups in total. The van der Waals surface area contributed by atoms with Gasteiger partial charge in [0.15, 0.2) is 0 Å². The lowest BCUT2D eigenvalue weighted by molar-refractivity contribution is -0.112. The summed E-state index contributed by atoms with van der Waals surface area (Å²) >= 11 is 0. The minimum atomic E-state index is -0.472.